The first-order valence-electron chi connectivity index (χ1n) is 27.9. The van der Waals surface area contributed by atoms with Crippen molar-refractivity contribution in [3.8, 4) is 44.8 Å². The van der Waals surface area contributed by atoms with E-state index in [9.17, 15) is 12.3 Å². The van der Waals surface area contributed by atoms with Crippen molar-refractivity contribution < 1.29 is 31.8 Å². The molecule has 0 amide bonds. The summed E-state index contributed by atoms with van der Waals surface area (Å²) in [6, 6.07) is 11.5. The van der Waals surface area contributed by atoms with Crippen molar-refractivity contribution in [1.29, 1.82) is 0 Å². The molecule has 12 rings (SSSR count). The smallest absolute Gasteiger partial charge is 0.159 e. The molecule has 12 aromatic rings. The van der Waals surface area contributed by atoms with E-state index in [0.717, 1.165) is 23.3 Å². The van der Waals surface area contributed by atoms with Crippen LogP contribution in [-0.4, -0.2) is 9.13 Å². The van der Waals surface area contributed by atoms with E-state index in [1.54, 1.807) is 18.2 Å². The van der Waals surface area contributed by atoms with Gasteiger partial charge in [-0.1, -0.05) is 151 Å². The largest absolute Gasteiger partial charge is 0.454 e. The predicted molar refractivity (Wildman–Crippen MR) is 239 cm³/mol. The molecule has 0 saturated carbocycles. The number of aromatic nitrogens is 2. The molecule has 0 radical (unpaired) electrons. The number of hydrogen-bond donors (Lipinski definition) is 0. The zero-order chi connectivity index (χ0) is 54.9. The third-order valence-corrected chi connectivity index (χ3v) is 10.2. The van der Waals surface area contributed by atoms with Crippen molar-refractivity contribution >= 4 is 65.6 Å². The third kappa shape index (κ3) is 4.79. The van der Waals surface area contributed by atoms with Crippen molar-refractivity contribution in [2.75, 3.05) is 0 Å². The Kier molecular flexibility index (Phi) is 3.91. The van der Waals surface area contributed by atoms with Crippen molar-refractivity contribution in [1.82, 2.24) is 9.13 Å². The van der Waals surface area contributed by atoms with E-state index in [1.807, 2.05) is 36.4 Å². The molecule has 0 atom stereocenters. The lowest BCUT2D eigenvalue weighted by molar-refractivity contribution is 0.666. The fraction of sp³-hybridized carbons (Fsp3) is 0. The van der Waals surface area contributed by atoms with Gasteiger partial charge in [0.1, 0.15) is 5.58 Å². The van der Waals surface area contributed by atoms with Gasteiger partial charge >= 0.3 is 0 Å². The molecule has 266 valence electrons. The Balaban J connectivity index is 1.24. The summed E-state index contributed by atoms with van der Waals surface area (Å²) in [5.41, 5.74) is -0.777. The molecule has 3 heteroatoms. The molecule has 0 fully saturated rings. The van der Waals surface area contributed by atoms with Crippen LogP contribution in [0.15, 0.2) is 210 Å². The Labute approximate surface area is 357 Å². The summed E-state index contributed by atoms with van der Waals surface area (Å²) in [7, 11) is 0. The molecule has 0 N–H and O–H groups in total. The average molecular weight is 747 g/mol. The highest BCUT2D eigenvalue weighted by Gasteiger charge is 2.21. The molecular weight excluding hydrogens is 693 g/mol. The van der Waals surface area contributed by atoms with E-state index in [4.69, 9.17) is 19.5 Å². The lowest BCUT2D eigenvalue weighted by Gasteiger charge is -2.11. The maximum atomic E-state index is 10.2. The molecule has 3 nitrogen and oxygen atoms in total. The maximum absolute atomic E-state index is 10.2. The second-order valence-corrected chi connectivity index (χ2v) is 13.3. The number of hydrogen-bond acceptors (Lipinski definition) is 1. The minimum absolute atomic E-state index is 0.0219. The SMILES string of the molecule is [2H]c1cc(-n2c3c([2H])c([2H])cc([2H])c3c3c([2H])c(-c4c([2H])c([2H])c([2H])c5c4c4cc([2H])c([2H])c([2H])c4n5-c4cccc(-c5ccccc5)c4)c([2H])c([2H])c32)c2oc3c([2H])c([2H])c([2H])c(-c4c([2H])cc([2H])c([2H])c4[2H])c3c2c1. The van der Waals surface area contributed by atoms with E-state index in [0.29, 0.717) is 5.69 Å². The zero-order valence-corrected chi connectivity index (χ0v) is 29.4. The minimum atomic E-state index is -0.727. The zero-order valence-electron chi connectivity index (χ0n) is 49.4. The van der Waals surface area contributed by atoms with Gasteiger partial charge in [-0.25, -0.2) is 0 Å². The van der Waals surface area contributed by atoms with Crippen LogP contribution in [0.2, 0.25) is 0 Å². The van der Waals surface area contributed by atoms with Crippen LogP contribution < -0.4 is 0 Å². The summed E-state index contributed by atoms with van der Waals surface area (Å²) in [5, 5.41) is -0.556. The first kappa shape index (κ1) is 17.9. The monoisotopic (exact) mass is 746 g/mol. The van der Waals surface area contributed by atoms with Crippen LogP contribution in [0.1, 0.15) is 27.4 Å². The van der Waals surface area contributed by atoms with Crippen LogP contribution in [0.3, 0.4) is 0 Å². The third-order valence-electron chi connectivity index (χ3n) is 10.2. The molecule has 9 aromatic carbocycles. The molecule has 0 aliphatic rings. The van der Waals surface area contributed by atoms with E-state index in [1.165, 1.54) is 27.3 Å². The molecule has 57 heavy (non-hydrogen) atoms. The average Bonchev–Trinajstić information content (AvgIpc) is 3.72. The quantitative estimate of drug-likeness (QED) is 0.172. The molecular formula is C54H34N2O. The fourth-order valence-electron chi connectivity index (χ4n) is 7.83. The summed E-state index contributed by atoms with van der Waals surface area (Å²) in [6.07, 6.45) is 0. The summed E-state index contributed by atoms with van der Waals surface area (Å²) >= 11 is 0. The first-order chi connectivity index (χ1) is 36.6. The number of nitrogens with zero attached hydrogens (tertiary/aromatic N) is 2. The summed E-state index contributed by atoms with van der Waals surface area (Å²) in [4.78, 5) is 0. The molecule has 0 bridgehead atoms. The Morgan fingerprint density at radius 2 is 1.18 bits per heavy atom. The molecule has 0 aliphatic heterocycles. The summed E-state index contributed by atoms with van der Waals surface area (Å²) in [6.45, 7) is 0. The number of benzene rings is 9. The van der Waals surface area contributed by atoms with Gasteiger partial charge in [-0.15, -0.1) is 0 Å². The van der Waals surface area contributed by atoms with E-state index < -0.39 is 120 Å². The lowest BCUT2D eigenvalue weighted by atomic mass is 9.98. The Bertz CT molecular complexity index is 4690. The van der Waals surface area contributed by atoms with Crippen molar-refractivity contribution in [3.63, 3.8) is 0 Å². The Morgan fingerprint density at radius 1 is 0.404 bits per heavy atom. The molecule has 3 heterocycles. The fourth-order valence-corrected chi connectivity index (χ4v) is 7.83. The van der Waals surface area contributed by atoms with Gasteiger partial charge in [-0.2, -0.15) is 0 Å². The van der Waals surface area contributed by atoms with Crippen LogP contribution in [0.4, 0.5) is 0 Å². The number of fused-ring (bicyclic) bond motifs is 9. The van der Waals surface area contributed by atoms with Crippen LogP contribution in [0.5, 0.6) is 0 Å². The van der Waals surface area contributed by atoms with Gasteiger partial charge in [0.25, 0.3) is 0 Å². The highest BCUT2D eigenvalue weighted by Crippen LogP contribution is 2.44. The van der Waals surface area contributed by atoms with E-state index >= 15 is 0 Å². The summed E-state index contributed by atoms with van der Waals surface area (Å²) < 4.78 is 192. The second-order valence-electron chi connectivity index (χ2n) is 13.3. The maximum Gasteiger partial charge on any atom is 0.159 e. The predicted octanol–water partition coefficient (Wildman–Crippen LogP) is 14.8. The Hall–Kier alpha value is -7.62. The normalized spacial score (nSPS) is 16.8. The first-order valence-corrected chi connectivity index (χ1v) is 17.9. The van der Waals surface area contributed by atoms with Crippen LogP contribution in [-0.2, 0) is 0 Å². The standard InChI is InChI=1S/C54H34N2O/c1-3-15-35(16-4-1)37-19-11-20-39(33-37)55-47-27-10-8-22-43(47)52-41(23-12-28-49(52)55)38-31-32-48-45(34-38)42-21-7-9-26-46(42)56(48)50-29-13-25-44-53-40(36-17-5-2-6-18-36)24-14-30-51(53)57-54(44)50/h1-34H/i2D,5D,8D,9D,10D,12D,13D,14D,17D,18D,21D,23D,24D,26D,27D,28D,30D,31D,32D,34D. The van der Waals surface area contributed by atoms with E-state index in [2.05, 4.69) is 0 Å². The van der Waals surface area contributed by atoms with Gasteiger partial charge in [0.2, 0.25) is 0 Å². The van der Waals surface area contributed by atoms with Crippen LogP contribution in [0.25, 0.3) is 110 Å². The number of furan rings is 1. The molecule has 0 spiro atoms. The van der Waals surface area contributed by atoms with E-state index in [-0.39, 0.29) is 94.0 Å². The van der Waals surface area contributed by atoms with Crippen molar-refractivity contribution in [2.24, 2.45) is 0 Å². The van der Waals surface area contributed by atoms with Gasteiger partial charge in [-0.05, 0) is 87.8 Å². The second kappa shape index (κ2) is 12.5. The molecule has 0 unspecified atom stereocenters. The van der Waals surface area contributed by atoms with Gasteiger partial charge in [0.15, 0.2) is 5.58 Å². The highest BCUT2D eigenvalue weighted by molar-refractivity contribution is 6.19. The lowest BCUT2D eigenvalue weighted by Crippen LogP contribution is -1.94. The van der Waals surface area contributed by atoms with Crippen LogP contribution in [0, 0.1) is 0 Å². The minimum Gasteiger partial charge on any atom is -0.454 e. The van der Waals surface area contributed by atoms with Gasteiger partial charge in [-0.3, -0.25) is 0 Å². The highest BCUT2D eigenvalue weighted by atomic mass is 16.3. The molecule has 0 saturated heterocycles. The van der Waals surface area contributed by atoms with Crippen molar-refractivity contribution in [2.45, 2.75) is 0 Å². The van der Waals surface area contributed by atoms with Gasteiger partial charge in [0, 0.05) is 38.0 Å². The Morgan fingerprint density at radius 3 is 2.12 bits per heavy atom. The van der Waals surface area contributed by atoms with Gasteiger partial charge in [0.05, 0.1) is 55.2 Å². The number of para-hydroxylation sites is 3. The topological polar surface area (TPSA) is 23.0 Å². The summed E-state index contributed by atoms with van der Waals surface area (Å²) in [5.74, 6) is 0. The van der Waals surface area contributed by atoms with Crippen molar-refractivity contribution in [3.05, 3.63) is 206 Å². The van der Waals surface area contributed by atoms with Gasteiger partial charge < -0.3 is 13.6 Å². The molecule has 0 aliphatic carbocycles. The molecule has 3 aromatic heterocycles. The van der Waals surface area contributed by atoms with Crippen LogP contribution >= 0.6 is 0 Å². The number of rotatable bonds is 5.